The molecule has 28 heavy (non-hydrogen) atoms. The predicted octanol–water partition coefficient (Wildman–Crippen LogP) is -0.300. The van der Waals surface area contributed by atoms with Crippen molar-refractivity contribution in [1.82, 2.24) is 9.80 Å². The van der Waals surface area contributed by atoms with Crippen LogP contribution in [-0.2, 0) is 16.0 Å². The highest BCUT2D eigenvalue weighted by atomic mass is 16.3. The molecule has 2 amide bonds. The quantitative estimate of drug-likeness (QED) is 0.370. The molecule has 1 aromatic carbocycles. The summed E-state index contributed by atoms with van der Waals surface area (Å²) in [7, 11) is 3.02. The molecule has 0 radical (unpaired) electrons. The second kappa shape index (κ2) is 10.3. The number of aliphatic hydroxyl groups is 3. The zero-order valence-electron chi connectivity index (χ0n) is 16.9. The topological polar surface area (TPSA) is 118 Å². The molecule has 0 spiro atoms. The van der Waals surface area contributed by atoms with E-state index in [9.17, 15) is 19.5 Å². The summed E-state index contributed by atoms with van der Waals surface area (Å²) in [6.07, 6.45) is 0.111. The van der Waals surface area contributed by atoms with Crippen molar-refractivity contribution in [2.45, 2.75) is 25.9 Å². The van der Waals surface area contributed by atoms with Crippen LogP contribution in [0.3, 0.4) is 0 Å². The van der Waals surface area contributed by atoms with Crippen molar-refractivity contribution in [2.75, 3.05) is 40.4 Å². The number of amides is 2. The summed E-state index contributed by atoms with van der Waals surface area (Å²) in [5.74, 6) is -2.29. The number of nitrogens with zero attached hydrogens (tertiary/aromatic N) is 2. The molecule has 0 bridgehead atoms. The lowest BCUT2D eigenvalue weighted by atomic mass is 9.93. The molecule has 1 rings (SSSR count). The number of likely N-dealkylation sites (N-methyl/N-ethyl adjacent to an activating group) is 2. The number of ketones is 1. The van der Waals surface area contributed by atoms with Crippen molar-refractivity contribution >= 4 is 17.6 Å². The molecule has 0 heterocycles. The zero-order valence-corrected chi connectivity index (χ0v) is 16.9. The summed E-state index contributed by atoms with van der Waals surface area (Å²) >= 11 is 0. The highest BCUT2D eigenvalue weighted by Gasteiger charge is 2.32. The number of benzene rings is 1. The SMILES string of the molecule is CN(CCO)C(=O)C(Cc1ccc(C(=O)C(C)(C)O)cc1)C(=O)N(C)CCO. The Morgan fingerprint density at radius 1 is 0.929 bits per heavy atom. The van der Waals surface area contributed by atoms with Gasteiger partial charge in [-0.25, -0.2) is 0 Å². The van der Waals surface area contributed by atoms with Crippen molar-refractivity contribution in [3.8, 4) is 0 Å². The number of hydrogen-bond acceptors (Lipinski definition) is 6. The van der Waals surface area contributed by atoms with Gasteiger partial charge in [-0.1, -0.05) is 24.3 Å². The fourth-order valence-electron chi connectivity index (χ4n) is 2.71. The Morgan fingerprint density at radius 2 is 1.36 bits per heavy atom. The first-order chi connectivity index (χ1) is 13.0. The van der Waals surface area contributed by atoms with Crippen LogP contribution < -0.4 is 0 Å². The normalized spacial score (nSPS) is 11.4. The number of Topliss-reactive ketones (excluding diaryl/α,β-unsaturated/α-hetero) is 1. The second-order valence-electron chi connectivity index (χ2n) is 7.31. The molecule has 1 aromatic rings. The third kappa shape index (κ3) is 6.40. The van der Waals surface area contributed by atoms with Gasteiger partial charge in [-0.3, -0.25) is 14.4 Å². The van der Waals surface area contributed by atoms with E-state index < -0.39 is 29.1 Å². The summed E-state index contributed by atoms with van der Waals surface area (Å²) in [6.45, 7) is 2.58. The molecule has 0 saturated carbocycles. The molecule has 0 aliphatic heterocycles. The van der Waals surface area contributed by atoms with Crippen molar-refractivity contribution in [3.05, 3.63) is 35.4 Å². The third-order valence-corrected chi connectivity index (χ3v) is 4.43. The van der Waals surface area contributed by atoms with Crippen molar-refractivity contribution in [2.24, 2.45) is 5.92 Å². The summed E-state index contributed by atoms with van der Waals surface area (Å²) in [4.78, 5) is 40.1. The number of carbonyl (C=O) groups is 3. The smallest absolute Gasteiger partial charge is 0.235 e. The Hall–Kier alpha value is -2.29. The first-order valence-electron chi connectivity index (χ1n) is 9.10. The van der Waals surface area contributed by atoms with Gasteiger partial charge in [0.1, 0.15) is 11.5 Å². The average molecular weight is 394 g/mol. The average Bonchev–Trinajstić information content (AvgIpc) is 2.64. The van der Waals surface area contributed by atoms with Crippen LogP contribution in [0.1, 0.15) is 29.8 Å². The maximum absolute atomic E-state index is 12.7. The molecule has 0 fully saturated rings. The number of carbonyl (C=O) groups excluding carboxylic acids is 3. The molecule has 8 heteroatoms. The van der Waals surface area contributed by atoms with E-state index in [0.717, 1.165) is 0 Å². The molecule has 156 valence electrons. The van der Waals surface area contributed by atoms with E-state index in [1.807, 2.05) is 0 Å². The van der Waals surface area contributed by atoms with Gasteiger partial charge in [-0.05, 0) is 25.8 Å². The molecular formula is C20H30N2O6. The highest BCUT2D eigenvalue weighted by Crippen LogP contribution is 2.18. The Balaban J connectivity index is 3.07. The van der Waals surface area contributed by atoms with Crippen LogP contribution >= 0.6 is 0 Å². The molecule has 0 unspecified atom stereocenters. The summed E-state index contributed by atoms with van der Waals surface area (Å²) in [6, 6.07) is 6.39. The maximum atomic E-state index is 12.7. The van der Waals surface area contributed by atoms with Gasteiger partial charge >= 0.3 is 0 Å². The number of rotatable bonds is 10. The Bertz CT molecular complexity index is 657. The Labute approximate surface area is 165 Å². The minimum Gasteiger partial charge on any atom is -0.395 e. The molecule has 0 saturated heterocycles. The minimum atomic E-state index is -1.49. The lowest BCUT2D eigenvalue weighted by molar-refractivity contribution is -0.146. The standard InChI is InChI=1S/C20H30N2O6/c1-20(2,28)17(25)15-7-5-14(6-8-15)13-16(18(26)21(3)9-11-23)19(27)22(4)10-12-24/h5-8,16,23-24,28H,9-13H2,1-4H3. The van der Waals surface area contributed by atoms with Crippen molar-refractivity contribution in [1.29, 1.82) is 0 Å². The zero-order chi connectivity index (χ0) is 21.5. The van der Waals surface area contributed by atoms with E-state index in [1.54, 1.807) is 24.3 Å². The van der Waals surface area contributed by atoms with E-state index in [2.05, 4.69) is 0 Å². The monoisotopic (exact) mass is 394 g/mol. The van der Waals surface area contributed by atoms with Crippen molar-refractivity contribution in [3.63, 3.8) is 0 Å². The van der Waals surface area contributed by atoms with E-state index in [4.69, 9.17) is 10.2 Å². The van der Waals surface area contributed by atoms with E-state index in [0.29, 0.717) is 11.1 Å². The van der Waals surface area contributed by atoms with Crippen LogP contribution in [0.5, 0.6) is 0 Å². The van der Waals surface area contributed by atoms with Gasteiger partial charge in [-0.15, -0.1) is 0 Å². The van der Waals surface area contributed by atoms with Gasteiger partial charge < -0.3 is 25.1 Å². The summed E-state index contributed by atoms with van der Waals surface area (Å²) in [5.41, 5.74) is -0.482. The Kier molecular flexibility index (Phi) is 8.74. The van der Waals surface area contributed by atoms with Gasteiger partial charge in [0.05, 0.1) is 13.2 Å². The summed E-state index contributed by atoms with van der Waals surface area (Å²) < 4.78 is 0. The second-order valence-corrected chi connectivity index (χ2v) is 7.31. The maximum Gasteiger partial charge on any atom is 0.235 e. The largest absolute Gasteiger partial charge is 0.395 e. The predicted molar refractivity (Wildman–Crippen MR) is 104 cm³/mol. The number of hydrogen-bond donors (Lipinski definition) is 3. The van der Waals surface area contributed by atoms with Crippen LogP contribution in [0.25, 0.3) is 0 Å². The van der Waals surface area contributed by atoms with Crippen LogP contribution in [0.15, 0.2) is 24.3 Å². The Morgan fingerprint density at radius 3 is 1.71 bits per heavy atom. The van der Waals surface area contributed by atoms with Gasteiger partial charge in [-0.2, -0.15) is 0 Å². The van der Waals surface area contributed by atoms with Gasteiger partial charge in [0, 0.05) is 32.7 Å². The van der Waals surface area contributed by atoms with Gasteiger partial charge in [0.2, 0.25) is 11.8 Å². The fraction of sp³-hybridized carbons (Fsp3) is 0.550. The first kappa shape index (κ1) is 23.7. The van der Waals surface area contributed by atoms with E-state index >= 15 is 0 Å². The third-order valence-electron chi connectivity index (χ3n) is 4.43. The molecular weight excluding hydrogens is 364 g/mol. The lowest BCUT2D eigenvalue weighted by Crippen LogP contribution is -2.45. The molecule has 3 N–H and O–H groups in total. The van der Waals surface area contributed by atoms with E-state index in [-0.39, 0.29) is 32.7 Å². The van der Waals surface area contributed by atoms with Crippen molar-refractivity contribution < 1.29 is 29.7 Å². The van der Waals surface area contributed by atoms with Crippen LogP contribution in [-0.4, -0.2) is 88.7 Å². The lowest BCUT2D eigenvalue weighted by Gasteiger charge is -2.26. The highest BCUT2D eigenvalue weighted by molar-refractivity contribution is 6.02. The van der Waals surface area contributed by atoms with Crippen LogP contribution in [0, 0.1) is 5.92 Å². The first-order valence-corrected chi connectivity index (χ1v) is 9.10. The molecule has 0 aliphatic carbocycles. The molecule has 0 atom stereocenters. The molecule has 0 aromatic heterocycles. The van der Waals surface area contributed by atoms with Crippen LogP contribution in [0.4, 0.5) is 0 Å². The molecule has 0 aliphatic rings. The fourth-order valence-corrected chi connectivity index (χ4v) is 2.71. The minimum absolute atomic E-state index is 0.103. The van der Waals surface area contributed by atoms with Crippen LogP contribution in [0.2, 0.25) is 0 Å². The number of aliphatic hydroxyl groups excluding tert-OH is 2. The van der Waals surface area contributed by atoms with Gasteiger partial charge in [0.25, 0.3) is 0 Å². The summed E-state index contributed by atoms with van der Waals surface area (Å²) in [5, 5.41) is 28.0. The molecule has 8 nitrogen and oxygen atoms in total. The van der Waals surface area contributed by atoms with Gasteiger partial charge in [0.15, 0.2) is 5.78 Å². The van der Waals surface area contributed by atoms with E-state index in [1.165, 1.54) is 37.7 Å².